The summed E-state index contributed by atoms with van der Waals surface area (Å²) in [6.07, 6.45) is 3.93. The fraction of sp³-hybridized carbons (Fsp3) is 0.410. The predicted octanol–water partition coefficient (Wildman–Crippen LogP) is -1.24. The number of carbonyl (C=O) groups is 9. The quantitative estimate of drug-likeness (QED) is 0.0932. The van der Waals surface area contributed by atoms with Crippen molar-refractivity contribution in [3.05, 3.63) is 63.7 Å². The van der Waals surface area contributed by atoms with Crippen molar-refractivity contribution in [1.82, 2.24) is 31.1 Å². The lowest BCUT2D eigenvalue weighted by atomic mass is 9.60. The molecule has 1 spiro atoms. The number of hydrogen-bond donors (Lipinski definition) is 6. The number of likely N-dealkylation sites (tertiary alicyclic amines) is 1. The Morgan fingerprint density at radius 3 is 2.09 bits per heavy atom. The molecule has 298 valence electrons. The Morgan fingerprint density at radius 1 is 0.807 bits per heavy atom. The Labute approximate surface area is 324 Å². The zero-order valence-corrected chi connectivity index (χ0v) is 30.9. The molecule has 0 bridgehead atoms. The normalized spacial score (nSPS) is 18.9. The van der Waals surface area contributed by atoms with Gasteiger partial charge in [0.05, 0.1) is 43.4 Å². The molecule has 2 aromatic rings. The van der Waals surface area contributed by atoms with Gasteiger partial charge in [0.2, 0.25) is 35.3 Å². The molecule has 7 amide bonds. The number of methoxy groups -OCH3 is 1. The molecule has 3 aliphatic carbocycles. The Hall–Kier alpha value is -6.59. The smallest absolute Gasteiger partial charge is 0.253 e. The lowest BCUT2D eigenvalue weighted by molar-refractivity contribution is -0.153. The molecule has 1 atom stereocenters. The van der Waals surface area contributed by atoms with Crippen molar-refractivity contribution in [1.29, 1.82) is 0 Å². The third-order valence-electron chi connectivity index (χ3n) is 11.3. The Bertz CT molecular complexity index is 2160. The molecule has 5 aliphatic rings. The molecule has 0 unspecified atom stereocenters. The molecule has 2 aromatic carbocycles. The highest BCUT2D eigenvalue weighted by Gasteiger charge is 2.54. The standard InChI is InChI=1S/C39H40N6O12/c1-57-24-4-2-3-22-31(24)37(55)33-32(35(22)53)36(54)23-11-19(5-6-21(23)34(33)52)38(56)43-20-12-39(13-20)17-44(18-39)30(51)16-42-27(48)15-41-26(47)14-40-25(46)9-10-45-28(49)7-8-29(45)50/h2-4,7-8,19-20,52,54H,5-6,9-18H2,1H3,(H,40,46)(H,41,47)(H,42,48)(H,43,56)/t19-/m0/s1. The SMILES string of the molecule is COc1cccc2c1C(=O)c1c(O)c3c(c(O)c1C2=O)C[C@@H](C(=O)NC1CC2(C1)CN(C(=O)CNC(=O)CNC(=O)CNC(=O)CCN1C(=O)C=CC1=O)C2)CC3. The first-order chi connectivity index (χ1) is 27.2. The van der Waals surface area contributed by atoms with E-state index in [-0.39, 0.29) is 94.9 Å². The molecule has 0 aromatic heterocycles. The molecule has 18 heteroatoms. The van der Waals surface area contributed by atoms with E-state index in [0.29, 0.717) is 37.9 Å². The number of nitrogens with zero attached hydrogens (tertiary/aromatic N) is 2. The van der Waals surface area contributed by atoms with Crippen molar-refractivity contribution in [2.75, 3.05) is 46.4 Å². The number of imide groups is 1. The van der Waals surface area contributed by atoms with Crippen LogP contribution in [0.3, 0.4) is 0 Å². The van der Waals surface area contributed by atoms with Gasteiger partial charge < -0.3 is 41.1 Å². The number of fused-ring (bicyclic) bond motifs is 3. The van der Waals surface area contributed by atoms with Crippen LogP contribution in [0.25, 0.3) is 0 Å². The number of nitrogens with one attached hydrogen (secondary N) is 4. The van der Waals surface area contributed by atoms with Gasteiger partial charge in [0.15, 0.2) is 5.78 Å². The highest BCUT2D eigenvalue weighted by Crippen LogP contribution is 2.50. The van der Waals surface area contributed by atoms with Gasteiger partial charge in [0, 0.05) is 72.3 Å². The largest absolute Gasteiger partial charge is 0.507 e. The number of rotatable bonds is 12. The Balaban J connectivity index is 0.814. The van der Waals surface area contributed by atoms with E-state index in [0.717, 1.165) is 17.1 Å². The molecule has 7 rings (SSSR count). The Morgan fingerprint density at radius 2 is 1.42 bits per heavy atom. The van der Waals surface area contributed by atoms with Crippen LogP contribution in [0, 0.1) is 11.3 Å². The molecule has 2 heterocycles. The van der Waals surface area contributed by atoms with Crippen LogP contribution in [0.5, 0.6) is 17.2 Å². The summed E-state index contributed by atoms with van der Waals surface area (Å²) in [5, 5.41) is 32.7. The lowest BCUT2D eigenvalue weighted by Gasteiger charge is -2.59. The third-order valence-corrected chi connectivity index (χ3v) is 11.3. The van der Waals surface area contributed by atoms with E-state index >= 15 is 0 Å². The topological polar surface area (TPSA) is 258 Å². The summed E-state index contributed by atoms with van der Waals surface area (Å²) in [6.45, 7) is -0.346. The van der Waals surface area contributed by atoms with Crippen LogP contribution in [-0.4, -0.2) is 125 Å². The molecular weight excluding hydrogens is 744 g/mol. The number of hydrogen-bond acceptors (Lipinski definition) is 12. The van der Waals surface area contributed by atoms with E-state index in [4.69, 9.17) is 4.74 Å². The maximum absolute atomic E-state index is 13.5. The van der Waals surface area contributed by atoms with E-state index in [1.165, 1.54) is 13.2 Å². The molecular formula is C39H40N6O12. The van der Waals surface area contributed by atoms with E-state index in [1.807, 2.05) is 0 Å². The first-order valence-electron chi connectivity index (χ1n) is 18.5. The average molecular weight is 785 g/mol. The molecule has 0 radical (unpaired) electrons. The highest BCUT2D eigenvalue weighted by atomic mass is 16.5. The number of ether oxygens (including phenoxy) is 1. The second kappa shape index (κ2) is 15.2. The number of ketones is 2. The summed E-state index contributed by atoms with van der Waals surface area (Å²) < 4.78 is 5.29. The van der Waals surface area contributed by atoms with Crippen LogP contribution in [0.4, 0.5) is 0 Å². The zero-order valence-electron chi connectivity index (χ0n) is 30.9. The summed E-state index contributed by atoms with van der Waals surface area (Å²) in [4.78, 5) is 115. The molecule has 57 heavy (non-hydrogen) atoms. The first-order valence-corrected chi connectivity index (χ1v) is 18.5. The second-order valence-corrected chi connectivity index (χ2v) is 15.0. The van der Waals surface area contributed by atoms with Crippen molar-refractivity contribution < 1.29 is 58.1 Å². The van der Waals surface area contributed by atoms with Crippen LogP contribution in [0.1, 0.15) is 68.7 Å². The molecule has 1 saturated heterocycles. The molecule has 18 nitrogen and oxygen atoms in total. The maximum atomic E-state index is 13.5. The van der Waals surface area contributed by atoms with E-state index in [1.54, 1.807) is 17.0 Å². The van der Waals surface area contributed by atoms with Gasteiger partial charge in [-0.3, -0.25) is 48.1 Å². The van der Waals surface area contributed by atoms with Crippen molar-refractivity contribution in [2.24, 2.45) is 11.3 Å². The van der Waals surface area contributed by atoms with Gasteiger partial charge >= 0.3 is 0 Å². The fourth-order valence-corrected chi connectivity index (χ4v) is 8.36. The number of phenolic OH excluding ortho intramolecular Hbond substituents is 2. The van der Waals surface area contributed by atoms with Crippen LogP contribution < -0.4 is 26.0 Å². The van der Waals surface area contributed by atoms with Gasteiger partial charge in [-0.2, -0.15) is 0 Å². The van der Waals surface area contributed by atoms with Gasteiger partial charge in [-0.1, -0.05) is 12.1 Å². The minimum atomic E-state index is -0.650. The monoisotopic (exact) mass is 784 g/mol. The van der Waals surface area contributed by atoms with E-state index in [9.17, 15) is 53.4 Å². The fourth-order valence-electron chi connectivity index (χ4n) is 8.36. The summed E-state index contributed by atoms with van der Waals surface area (Å²) in [5.74, 6) is -5.79. The summed E-state index contributed by atoms with van der Waals surface area (Å²) in [6, 6.07) is 4.43. The Kier molecular flexibility index (Phi) is 10.3. The third kappa shape index (κ3) is 7.29. The number of benzene rings is 2. The van der Waals surface area contributed by atoms with Crippen molar-refractivity contribution in [3.8, 4) is 17.2 Å². The maximum Gasteiger partial charge on any atom is 0.253 e. The molecule has 2 fully saturated rings. The minimum absolute atomic E-state index is 0.0234. The molecule has 6 N–H and O–H groups in total. The van der Waals surface area contributed by atoms with Crippen LogP contribution in [0.2, 0.25) is 0 Å². The summed E-state index contributed by atoms with van der Waals surface area (Å²) in [7, 11) is 1.37. The number of aromatic hydroxyl groups is 2. The van der Waals surface area contributed by atoms with Crippen molar-refractivity contribution in [3.63, 3.8) is 0 Å². The summed E-state index contributed by atoms with van der Waals surface area (Å²) >= 11 is 0. The number of phenols is 2. The van der Waals surface area contributed by atoms with Crippen LogP contribution >= 0.6 is 0 Å². The zero-order chi connectivity index (χ0) is 40.8. The van der Waals surface area contributed by atoms with Gasteiger partial charge in [-0.25, -0.2) is 0 Å². The van der Waals surface area contributed by atoms with Crippen molar-refractivity contribution in [2.45, 2.75) is 44.6 Å². The first kappa shape index (κ1) is 38.7. The van der Waals surface area contributed by atoms with Gasteiger partial charge in [0.1, 0.15) is 17.2 Å². The van der Waals surface area contributed by atoms with Gasteiger partial charge in [-0.05, 0) is 38.2 Å². The van der Waals surface area contributed by atoms with E-state index < -0.39 is 65.9 Å². The summed E-state index contributed by atoms with van der Waals surface area (Å²) in [5.41, 5.74) is -0.0150. The van der Waals surface area contributed by atoms with Crippen molar-refractivity contribution >= 4 is 52.9 Å². The average Bonchev–Trinajstić information content (AvgIpc) is 3.49. The minimum Gasteiger partial charge on any atom is -0.507 e. The van der Waals surface area contributed by atoms with Gasteiger partial charge in [0.25, 0.3) is 11.8 Å². The molecule has 1 saturated carbocycles. The van der Waals surface area contributed by atoms with Crippen LogP contribution in [0.15, 0.2) is 30.4 Å². The van der Waals surface area contributed by atoms with E-state index in [2.05, 4.69) is 21.3 Å². The lowest BCUT2D eigenvalue weighted by Crippen LogP contribution is -2.68. The predicted molar refractivity (Wildman–Crippen MR) is 195 cm³/mol. The van der Waals surface area contributed by atoms with Crippen LogP contribution in [-0.2, 0) is 46.4 Å². The highest BCUT2D eigenvalue weighted by molar-refractivity contribution is 6.31. The van der Waals surface area contributed by atoms with Gasteiger partial charge in [-0.15, -0.1) is 0 Å². The number of carbonyl (C=O) groups excluding carboxylic acids is 9. The second-order valence-electron chi connectivity index (χ2n) is 15.0. The number of amides is 7. The molecule has 2 aliphatic heterocycles.